The molecule has 1 aromatic rings. The second-order valence-electron chi connectivity index (χ2n) is 4.71. The third-order valence-corrected chi connectivity index (χ3v) is 4.42. The van der Waals surface area contributed by atoms with Crippen molar-refractivity contribution in [2.75, 3.05) is 7.11 Å². The van der Waals surface area contributed by atoms with E-state index in [4.69, 9.17) is 4.74 Å². The largest absolute Gasteiger partial charge is 0.379 e. The number of non-ortho nitro benzene ring substituents is 1. The van der Waals surface area contributed by atoms with Gasteiger partial charge in [-0.05, 0) is 47.9 Å². The normalized spacial score (nSPS) is 21.7. The highest BCUT2D eigenvalue weighted by molar-refractivity contribution is 14.1. The molecule has 1 fully saturated rings. The predicted octanol–water partition coefficient (Wildman–Crippen LogP) is 2.50. The molecule has 0 bridgehead atoms. The number of nitrogens with one attached hydrogen (secondary N) is 1. The maximum atomic E-state index is 12.3. The number of nitrogens with zero attached hydrogens (tertiary/aromatic N) is 1. The van der Waals surface area contributed by atoms with Crippen molar-refractivity contribution in [3.05, 3.63) is 37.4 Å². The number of halogens is 1. The average Bonchev–Trinajstić information content (AvgIpc) is 2.86. The molecular weight excluding hydrogens is 375 g/mol. The number of hydrogen-bond donors (Lipinski definition) is 1. The Kier molecular flexibility index (Phi) is 4.92. The molecule has 20 heavy (non-hydrogen) atoms. The maximum Gasteiger partial charge on any atom is 0.270 e. The van der Waals surface area contributed by atoms with Crippen molar-refractivity contribution in [1.29, 1.82) is 0 Å². The van der Waals surface area contributed by atoms with Crippen molar-refractivity contribution in [3.8, 4) is 0 Å². The molecule has 0 aromatic heterocycles. The lowest BCUT2D eigenvalue weighted by molar-refractivity contribution is -0.384. The highest BCUT2D eigenvalue weighted by atomic mass is 127. The third-order valence-electron chi connectivity index (χ3n) is 3.48. The van der Waals surface area contributed by atoms with Gasteiger partial charge in [-0.3, -0.25) is 14.9 Å². The van der Waals surface area contributed by atoms with E-state index in [1.54, 1.807) is 13.2 Å². The van der Waals surface area contributed by atoms with Crippen LogP contribution in [0.15, 0.2) is 18.2 Å². The van der Waals surface area contributed by atoms with E-state index in [1.807, 2.05) is 22.6 Å². The fourth-order valence-corrected chi connectivity index (χ4v) is 3.00. The molecule has 2 unspecified atom stereocenters. The molecule has 0 spiro atoms. The van der Waals surface area contributed by atoms with Crippen molar-refractivity contribution >= 4 is 34.2 Å². The maximum absolute atomic E-state index is 12.3. The van der Waals surface area contributed by atoms with Crippen molar-refractivity contribution < 1.29 is 14.5 Å². The van der Waals surface area contributed by atoms with Crippen LogP contribution >= 0.6 is 22.6 Å². The Morgan fingerprint density at radius 3 is 2.90 bits per heavy atom. The topological polar surface area (TPSA) is 81.5 Å². The van der Waals surface area contributed by atoms with Crippen molar-refractivity contribution in [2.45, 2.75) is 31.4 Å². The molecule has 6 nitrogen and oxygen atoms in total. The molecule has 1 aromatic carbocycles. The van der Waals surface area contributed by atoms with E-state index < -0.39 is 4.92 Å². The highest BCUT2D eigenvalue weighted by Crippen LogP contribution is 2.23. The summed E-state index contributed by atoms with van der Waals surface area (Å²) >= 11 is 2.00. The molecule has 0 saturated heterocycles. The summed E-state index contributed by atoms with van der Waals surface area (Å²) in [5, 5.41) is 13.7. The summed E-state index contributed by atoms with van der Waals surface area (Å²) in [5.41, 5.74) is 0.256. The lowest BCUT2D eigenvalue weighted by atomic mass is 10.1. The van der Waals surface area contributed by atoms with Gasteiger partial charge in [0.1, 0.15) is 0 Å². The molecule has 1 saturated carbocycles. The second-order valence-corrected chi connectivity index (χ2v) is 5.87. The van der Waals surface area contributed by atoms with Crippen LogP contribution in [0.5, 0.6) is 0 Å². The molecule has 2 rings (SSSR count). The van der Waals surface area contributed by atoms with E-state index in [2.05, 4.69) is 5.32 Å². The smallest absolute Gasteiger partial charge is 0.270 e. The Hall–Kier alpha value is -1.22. The molecule has 1 N–H and O–H groups in total. The predicted molar refractivity (Wildman–Crippen MR) is 81.7 cm³/mol. The lowest BCUT2D eigenvalue weighted by Gasteiger charge is -2.19. The Balaban J connectivity index is 2.16. The number of amides is 1. The van der Waals surface area contributed by atoms with Crippen LogP contribution in [0.25, 0.3) is 0 Å². The lowest BCUT2D eigenvalue weighted by Crippen LogP contribution is -2.41. The number of methoxy groups -OCH3 is 1. The molecule has 1 amide bonds. The minimum atomic E-state index is -0.500. The molecule has 0 radical (unpaired) electrons. The van der Waals surface area contributed by atoms with Crippen molar-refractivity contribution in [3.63, 3.8) is 0 Å². The zero-order valence-corrected chi connectivity index (χ0v) is 13.1. The summed E-state index contributed by atoms with van der Waals surface area (Å²) in [6.45, 7) is 0. The van der Waals surface area contributed by atoms with E-state index in [1.165, 1.54) is 12.1 Å². The number of nitro benzene ring substituents is 1. The van der Waals surface area contributed by atoms with E-state index in [-0.39, 0.29) is 23.7 Å². The molecule has 2 atom stereocenters. The Bertz CT molecular complexity index is 535. The quantitative estimate of drug-likeness (QED) is 0.487. The highest BCUT2D eigenvalue weighted by Gasteiger charge is 2.29. The minimum absolute atomic E-state index is 0.0234. The fourth-order valence-electron chi connectivity index (χ4n) is 2.42. The summed E-state index contributed by atoms with van der Waals surface area (Å²) in [6.07, 6.45) is 2.83. The number of nitro groups is 1. The van der Waals surface area contributed by atoms with Gasteiger partial charge < -0.3 is 10.1 Å². The van der Waals surface area contributed by atoms with Crippen molar-refractivity contribution in [2.24, 2.45) is 0 Å². The molecule has 0 heterocycles. The van der Waals surface area contributed by atoms with Crippen LogP contribution in [0.4, 0.5) is 5.69 Å². The summed E-state index contributed by atoms with van der Waals surface area (Å²) < 4.78 is 6.02. The minimum Gasteiger partial charge on any atom is -0.379 e. The second kappa shape index (κ2) is 6.49. The summed E-state index contributed by atoms with van der Waals surface area (Å²) in [5.74, 6) is -0.285. The van der Waals surface area contributed by atoms with Gasteiger partial charge in [-0.25, -0.2) is 0 Å². The van der Waals surface area contributed by atoms with Crippen LogP contribution in [0.2, 0.25) is 0 Å². The molecule has 1 aliphatic rings. The van der Waals surface area contributed by atoms with Gasteiger partial charge in [0.25, 0.3) is 11.6 Å². The summed E-state index contributed by atoms with van der Waals surface area (Å²) in [7, 11) is 1.63. The summed E-state index contributed by atoms with van der Waals surface area (Å²) in [6, 6.07) is 4.26. The Labute approximate surface area is 130 Å². The van der Waals surface area contributed by atoms with Crippen LogP contribution in [-0.2, 0) is 4.74 Å². The third kappa shape index (κ3) is 3.26. The average molecular weight is 390 g/mol. The van der Waals surface area contributed by atoms with Gasteiger partial charge in [0.05, 0.1) is 22.6 Å². The van der Waals surface area contributed by atoms with Gasteiger partial charge in [-0.1, -0.05) is 0 Å². The van der Waals surface area contributed by atoms with Crippen LogP contribution in [0.1, 0.15) is 29.6 Å². The first-order valence-electron chi connectivity index (χ1n) is 6.30. The molecule has 1 aliphatic carbocycles. The number of hydrogen-bond acceptors (Lipinski definition) is 4. The van der Waals surface area contributed by atoms with Gasteiger partial charge in [-0.2, -0.15) is 0 Å². The first-order chi connectivity index (χ1) is 9.52. The van der Waals surface area contributed by atoms with Crippen LogP contribution < -0.4 is 5.32 Å². The van der Waals surface area contributed by atoms with Crippen LogP contribution in [0.3, 0.4) is 0 Å². The number of carbonyl (C=O) groups is 1. The van der Waals surface area contributed by atoms with Gasteiger partial charge in [0.2, 0.25) is 0 Å². The molecular formula is C13H15IN2O4. The zero-order valence-electron chi connectivity index (χ0n) is 11.0. The van der Waals surface area contributed by atoms with Crippen molar-refractivity contribution in [1.82, 2.24) is 5.32 Å². The number of benzene rings is 1. The standard InChI is InChI=1S/C13H15IN2O4/c1-20-12-4-2-3-11(12)15-13(17)9-7-8(16(18)19)5-6-10(9)14/h5-7,11-12H,2-4H2,1H3,(H,15,17). The van der Waals surface area contributed by atoms with Crippen LogP contribution in [-0.4, -0.2) is 30.1 Å². The van der Waals surface area contributed by atoms with E-state index in [0.717, 1.165) is 19.3 Å². The SMILES string of the molecule is COC1CCCC1NC(=O)c1cc([N+](=O)[O-])ccc1I. The van der Waals surface area contributed by atoms with Gasteiger partial charge >= 0.3 is 0 Å². The Morgan fingerprint density at radius 1 is 1.50 bits per heavy atom. The zero-order chi connectivity index (χ0) is 14.7. The Morgan fingerprint density at radius 2 is 2.25 bits per heavy atom. The van der Waals surface area contributed by atoms with Gasteiger partial charge in [-0.15, -0.1) is 0 Å². The first kappa shape index (κ1) is 15.2. The van der Waals surface area contributed by atoms with E-state index in [9.17, 15) is 14.9 Å². The van der Waals surface area contributed by atoms with Gasteiger partial charge in [0.15, 0.2) is 0 Å². The molecule has 7 heteroatoms. The van der Waals surface area contributed by atoms with Crippen LogP contribution in [0, 0.1) is 13.7 Å². The molecule has 108 valence electrons. The first-order valence-corrected chi connectivity index (χ1v) is 7.38. The van der Waals surface area contributed by atoms with E-state index in [0.29, 0.717) is 9.13 Å². The van der Waals surface area contributed by atoms with Gasteiger partial charge in [0, 0.05) is 22.8 Å². The number of rotatable bonds is 4. The molecule has 0 aliphatic heterocycles. The summed E-state index contributed by atoms with van der Waals surface area (Å²) in [4.78, 5) is 22.5. The van der Waals surface area contributed by atoms with E-state index >= 15 is 0 Å². The monoisotopic (exact) mass is 390 g/mol. The number of carbonyl (C=O) groups excluding carboxylic acids is 1. The number of ether oxygens (including phenoxy) is 1. The fraction of sp³-hybridized carbons (Fsp3) is 0.462.